The van der Waals surface area contributed by atoms with Gasteiger partial charge in [0.05, 0.1) is 24.8 Å². The van der Waals surface area contributed by atoms with Crippen LogP contribution in [0.2, 0.25) is 0 Å². The maximum atomic E-state index is 11.5. The molecule has 0 saturated carbocycles. The second-order valence-electron chi connectivity index (χ2n) is 3.75. The first-order valence-electron chi connectivity index (χ1n) is 5.04. The van der Waals surface area contributed by atoms with E-state index in [1.165, 1.54) is 0 Å². The third kappa shape index (κ3) is 1.50. The van der Waals surface area contributed by atoms with Crippen molar-refractivity contribution in [3.63, 3.8) is 0 Å². The van der Waals surface area contributed by atoms with Gasteiger partial charge in [-0.1, -0.05) is 12.2 Å². The first kappa shape index (κ1) is 9.52. The van der Waals surface area contributed by atoms with Crippen molar-refractivity contribution in [3.05, 3.63) is 12.2 Å². The van der Waals surface area contributed by atoms with Crippen molar-refractivity contribution in [3.8, 4) is 0 Å². The van der Waals surface area contributed by atoms with Crippen LogP contribution in [-0.2, 0) is 4.74 Å². The van der Waals surface area contributed by atoms with Crippen LogP contribution < -0.4 is 0 Å². The van der Waals surface area contributed by atoms with E-state index in [9.17, 15) is 9.90 Å². The number of carbonyl (C=O) groups excluding carboxylic acids is 1. The summed E-state index contributed by atoms with van der Waals surface area (Å²) in [6.07, 6.45) is 4.68. The Balaban J connectivity index is 2.05. The van der Waals surface area contributed by atoms with E-state index in [0.29, 0.717) is 19.4 Å². The summed E-state index contributed by atoms with van der Waals surface area (Å²) in [5, 5.41) is 9.50. The van der Waals surface area contributed by atoms with Gasteiger partial charge >= 0.3 is 6.09 Å². The van der Waals surface area contributed by atoms with E-state index < -0.39 is 0 Å². The summed E-state index contributed by atoms with van der Waals surface area (Å²) in [4.78, 5) is 13.3. The van der Waals surface area contributed by atoms with Crippen LogP contribution in [0.4, 0.5) is 4.79 Å². The Morgan fingerprint density at radius 3 is 2.57 bits per heavy atom. The highest BCUT2D eigenvalue weighted by Crippen LogP contribution is 2.30. The molecule has 2 heterocycles. The fourth-order valence-electron chi connectivity index (χ4n) is 2.19. The van der Waals surface area contributed by atoms with Crippen molar-refractivity contribution in [2.24, 2.45) is 0 Å². The van der Waals surface area contributed by atoms with Crippen molar-refractivity contribution >= 4 is 6.09 Å². The molecule has 14 heavy (non-hydrogen) atoms. The number of aliphatic hydroxyl groups excluding tert-OH is 1. The summed E-state index contributed by atoms with van der Waals surface area (Å²) in [5.74, 6) is 0. The molecule has 0 spiro atoms. The second kappa shape index (κ2) is 3.61. The van der Waals surface area contributed by atoms with Gasteiger partial charge in [-0.15, -0.1) is 0 Å². The molecular formula is C10H15NO3. The summed E-state index contributed by atoms with van der Waals surface area (Å²) in [5.41, 5.74) is 0. The van der Waals surface area contributed by atoms with Crippen LogP contribution >= 0.6 is 0 Å². The number of ether oxygens (including phenoxy) is 1. The summed E-state index contributed by atoms with van der Waals surface area (Å²) in [6.45, 7) is 2.20. The van der Waals surface area contributed by atoms with Gasteiger partial charge in [-0.25, -0.2) is 4.79 Å². The van der Waals surface area contributed by atoms with Gasteiger partial charge in [0.2, 0.25) is 0 Å². The summed E-state index contributed by atoms with van der Waals surface area (Å²) >= 11 is 0. The number of nitrogens with zero attached hydrogens (tertiary/aromatic N) is 1. The maximum absolute atomic E-state index is 11.5. The zero-order valence-electron chi connectivity index (χ0n) is 8.22. The molecule has 1 unspecified atom stereocenters. The molecule has 1 N–H and O–H groups in total. The van der Waals surface area contributed by atoms with Crippen molar-refractivity contribution in [1.29, 1.82) is 0 Å². The largest absolute Gasteiger partial charge is 0.450 e. The summed E-state index contributed by atoms with van der Waals surface area (Å²) in [6, 6.07) is 0.0607. The van der Waals surface area contributed by atoms with Gasteiger partial charge in [0.25, 0.3) is 0 Å². The predicted octanol–water partition coefficient (Wildman–Crippen LogP) is 0.907. The third-order valence-electron chi connectivity index (χ3n) is 2.78. The van der Waals surface area contributed by atoms with Gasteiger partial charge in [-0.05, 0) is 19.8 Å². The molecule has 1 saturated heterocycles. The lowest BCUT2D eigenvalue weighted by molar-refractivity contribution is 0.0328. The van der Waals surface area contributed by atoms with Crippen LogP contribution in [0.5, 0.6) is 0 Å². The van der Waals surface area contributed by atoms with Gasteiger partial charge in [-0.2, -0.15) is 0 Å². The molecule has 0 radical (unpaired) electrons. The normalized spacial score (nSPS) is 34.7. The molecule has 2 aliphatic rings. The van der Waals surface area contributed by atoms with E-state index >= 15 is 0 Å². The van der Waals surface area contributed by atoms with E-state index in [1.807, 2.05) is 12.2 Å². The lowest BCUT2D eigenvalue weighted by Gasteiger charge is -2.36. The topological polar surface area (TPSA) is 49.8 Å². The fourth-order valence-corrected chi connectivity index (χ4v) is 2.19. The number of aliphatic hydroxyl groups is 1. The van der Waals surface area contributed by atoms with Crippen molar-refractivity contribution < 1.29 is 14.6 Å². The molecule has 1 fully saturated rings. The summed E-state index contributed by atoms with van der Waals surface area (Å²) in [7, 11) is 0. The van der Waals surface area contributed by atoms with Gasteiger partial charge in [0.1, 0.15) is 0 Å². The lowest BCUT2D eigenvalue weighted by Crippen LogP contribution is -2.48. The van der Waals surface area contributed by atoms with Gasteiger partial charge < -0.3 is 9.84 Å². The number of amides is 1. The minimum atomic E-state index is -0.286. The highest BCUT2D eigenvalue weighted by Gasteiger charge is 2.39. The monoisotopic (exact) mass is 197 g/mol. The van der Waals surface area contributed by atoms with Crippen LogP contribution in [0.1, 0.15) is 19.8 Å². The molecule has 2 aliphatic heterocycles. The van der Waals surface area contributed by atoms with Gasteiger partial charge in [-0.3, -0.25) is 4.90 Å². The molecule has 0 aliphatic carbocycles. The maximum Gasteiger partial charge on any atom is 0.410 e. The number of rotatable bonds is 1. The molecule has 0 aromatic rings. The van der Waals surface area contributed by atoms with Gasteiger partial charge in [0.15, 0.2) is 0 Å². The van der Waals surface area contributed by atoms with Crippen molar-refractivity contribution in [2.45, 2.75) is 38.0 Å². The van der Waals surface area contributed by atoms with Crippen LogP contribution in [0.3, 0.4) is 0 Å². The van der Waals surface area contributed by atoms with E-state index in [1.54, 1.807) is 11.8 Å². The Morgan fingerprint density at radius 2 is 2.07 bits per heavy atom. The van der Waals surface area contributed by atoms with E-state index in [-0.39, 0.29) is 24.3 Å². The average molecular weight is 197 g/mol. The van der Waals surface area contributed by atoms with Crippen molar-refractivity contribution in [1.82, 2.24) is 4.90 Å². The molecule has 3 atom stereocenters. The number of hydrogen-bond acceptors (Lipinski definition) is 3. The lowest BCUT2D eigenvalue weighted by atomic mass is 10.00. The smallest absolute Gasteiger partial charge is 0.410 e. The highest BCUT2D eigenvalue weighted by atomic mass is 16.6. The number of carbonyl (C=O) groups is 1. The van der Waals surface area contributed by atoms with E-state index in [4.69, 9.17) is 4.74 Å². The van der Waals surface area contributed by atoms with Crippen LogP contribution in [0.25, 0.3) is 0 Å². The quantitative estimate of drug-likeness (QED) is 0.635. The Kier molecular flexibility index (Phi) is 2.46. The average Bonchev–Trinajstić information content (AvgIpc) is 2.39. The molecule has 4 nitrogen and oxygen atoms in total. The van der Waals surface area contributed by atoms with E-state index in [2.05, 4.69) is 0 Å². The standard InChI is InChI=1S/C10H15NO3/c1-2-14-10(13)11-7-3-4-8(11)6-9(12)5-7/h3-4,7-9,12H,2,5-6H2,1H3/t7-,8+,9?. The summed E-state index contributed by atoms with van der Waals surface area (Å²) < 4.78 is 4.96. The minimum absolute atomic E-state index is 0.0304. The SMILES string of the molecule is CCOC(=O)N1[C@@H]2C=C[C@H]1CC(O)C2. The molecule has 78 valence electrons. The number of piperidine rings is 1. The first-order chi connectivity index (χ1) is 6.72. The zero-order chi connectivity index (χ0) is 10.1. The van der Waals surface area contributed by atoms with Crippen molar-refractivity contribution in [2.75, 3.05) is 6.61 Å². The molecule has 1 amide bonds. The van der Waals surface area contributed by atoms with Crippen LogP contribution in [0.15, 0.2) is 12.2 Å². The first-order valence-corrected chi connectivity index (χ1v) is 5.04. The molecule has 0 aromatic carbocycles. The molecular weight excluding hydrogens is 182 g/mol. The highest BCUT2D eigenvalue weighted by molar-refractivity contribution is 5.70. The zero-order valence-corrected chi connectivity index (χ0v) is 8.22. The molecule has 2 rings (SSSR count). The fraction of sp³-hybridized carbons (Fsp3) is 0.700. The predicted molar refractivity (Wildman–Crippen MR) is 50.8 cm³/mol. The van der Waals surface area contributed by atoms with Gasteiger partial charge in [0, 0.05) is 0 Å². The number of fused-ring (bicyclic) bond motifs is 2. The minimum Gasteiger partial charge on any atom is -0.450 e. The second-order valence-corrected chi connectivity index (χ2v) is 3.75. The Morgan fingerprint density at radius 1 is 1.50 bits per heavy atom. The van der Waals surface area contributed by atoms with E-state index in [0.717, 1.165) is 0 Å². The molecule has 4 heteroatoms. The Hall–Kier alpha value is -1.03. The molecule has 2 bridgehead atoms. The van der Waals surface area contributed by atoms with Crippen LogP contribution in [0, 0.1) is 0 Å². The van der Waals surface area contributed by atoms with Crippen LogP contribution in [-0.4, -0.2) is 40.9 Å². The Labute approximate surface area is 83.2 Å². The third-order valence-corrected chi connectivity index (χ3v) is 2.78. The molecule has 0 aromatic heterocycles. The number of hydrogen-bond donors (Lipinski definition) is 1. The Bertz CT molecular complexity index is 248.